The monoisotopic (exact) mass is 597 g/mol. The number of nitrogens with one attached hydrogen (secondary N) is 1. The molecule has 1 aliphatic heterocycles. The minimum atomic E-state index is -0.936. The van der Waals surface area contributed by atoms with Gasteiger partial charge in [-0.3, -0.25) is 19.3 Å². The van der Waals surface area contributed by atoms with Crippen LogP contribution in [0.15, 0.2) is 66.9 Å². The summed E-state index contributed by atoms with van der Waals surface area (Å²) in [4.78, 5) is 31.7. The predicted octanol–water partition coefficient (Wildman–Crippen LogP) is 6.06. The van der Waals surface area contributed by atoms with E-state index in [0.717, 1.165) is 23.2 Å². The quantitative estimate of drug-likeness (QED) is 0.227. The fraction of sp³-hybridized carbons (Fsp3) is 0.235. The van der Waals surface area contributed by atoms with E-state index in [-0.39, 0.29) is 35.3 Å². The van der Waals surface area contributed by atoms with Crippen LogP contribution in [0.4, 0.5) is 13.2 Å². The van der Waals surface area contributed by atoms with Crippen LogP contribution in [0.2, 0.25) is 0 Å². The fourth-order valence-electron chi connectivity index (χ4n) is 6.03. The summed E-state index contributed by atoms with van der Waals surface area (Å²) >= 11 is 0. The minimum Gasteiger partial charge on any atom is -0.366 e. The molecule has 0 saturated heterocycles. The van der Waals surface area contributed by atoms with Gasteiger partial charge >= 0.3 is 0 Å². The van der Waals surface area contributed by atoms with Crippen molar-refractivity contribution in [1.29, 1.82) is 0 Å². The van der Waals surface area contributed by atoms with Crippen LogP contribution in [-0.4, -0.2) is 26.6 Å². The van der Waals surface area contributed by atoms with Crippen molar-refractivity contribution in [3.05, 3.63) is 118 Å². The Labute approximate surface area is 251 Å². The van der Waals surface area contributed by atoms with Crippen LogP contribution in [0.1, 0.15) is 64.0 Å². The van der Waals surface area contributed by atoms with Gasteiger partial charge in [0.15, 0.2) is 11.6 Å². The number of aromatic nitrogens is 3. The average Bonchev–Trinajstić information content (AvgIpc) is 3.47. The van der Waals surface area contributed by atoms with Crippen LogP contribution >= 0.6 is 0 Å². The summed E-state index contributed by atoms with van der Waals surface area (Å²) in [5, 5.41) is 8.23. The molecule has 3 heterocycles. The van der Waals surface area contributed by atoms with Crippen molar-refractivity contribution in [2.24, 2.45) is 11.7 Å². The standard InChI is InChI=1S/C34H30F3N5O2/c1-18(2)12-26-29(32(38)43)28(30-31(40-26)34(3,41-33(30)44)15-19-4-8-23(35)9-5-19)21-7-11-27-22(14-21)16-39-42(27)17-20-6-10-24(36)25(37)13-20/h4-11,13-14,16,18H,12,15,17H2,1-3H3,(H2,38,43)(H,41,44)/t34-/m0/s1. The van der Waals surface area contributed by atoms with Gasteiger partial charge in [0.25, 0.3) is 11.8 Å². The Morgan fingerprint density at radius 2 is 1.70 bits per heavy atom. The van der Waals surface area contributed by atoms with Gasteiger partial charge in [-0.1, -0.05) is 38.1 Å². The number of benzene rings is 3. The number of hydrogen-bond acceptors (Lipinski definition) is 4. The molecule has 0 fully saturated rings. The van der Waals surface area contributed by atoms with E-state index in [1.165, 1.54) is 18.2 Å². The molecule has 6 rings (SSSR count). The summed E-state index contributed by atoms with van der Waals surface area (Å²) in [7, 11) is 0. The number of rotatable bonds is 8. The van der Waals surface area contributed by atoms with Crippen molar-refractivity contribution >= 4 is 22.7 Å². The van der Waals surface area contributed by atoms with Gasteiger partial charge in [0.1, 0.15) is 5.82 Å². The summed E-state index contributed by atoms with van der Waals surface area (Å²) in [6, 6.07) is 15.2. The maximum absolute atomic E-state index is 13.8. The van der Waals surface area contributed by atoms with Crippen LogP contribution in [-0.2, 0) is 24.9 Å². The predicted molar refractivity (Wildman–Crippen MR) is 160 cm³/mol. The van der Waals surface area contributed by atoms with Gasteiger partial charge in [0.05, 0.1) is 46.3 Å². The number of carbonyl (C=O) groups is 2. The Bertz CT molecular complexity index is 1950. The third kappa shape index (κ3) is 5.21. The van der Waals surface area contributed by atoms with Gasteiger partial charge in [-0.05, 0) is 72.4 Å². The third-order valence-corrected chi connectivity index (χ3v) is 7.98. The van der Waals surface area contributed by atoms with Crippen molar-refractivity contribution in [1.82, 2.24) is 20.1 Å². The lowest BCUT2D eigenvalue weighted by atomic mass is 9.84. The largest absolute Gasteiger partial charge is 0.366 e. The Morgan fingerprint density at radius 3 is 2.39 bits per heavy atom. The van der Waals surface area contributed by atoms with Crippen molar-refractivity contribution < 1.29 is 22.8 Å². The van der Waals surface area contributed by atoms with Crippen molar-refractivity contribution in [3.63, 3.8) is 0 Å². The van der Waals surface area contributed by atoms with E-state index >= 15 is 0 Å². The molecule has 0 unspecified atom stereocenters. The average molecular weight is 598 g/mol. The molecule has 0 spiro atoms. The minimum absolute atomic E-state index is 0.136. The molecule has 1 aliphatic rings. The topological polar surface area (TPSA) is 103 Å². The molecule has 1 atom stereocenters. The lowest BCUT2D eigenvalue weighted by molar-refractivity contribution is 0.0935. The molecule has 2 amide bonds. The number of carbonyl (C=O) groups excluding carboxylic acids is 2. The van der Waals surface area contributed by atoms with Gasteiger partial charge in [-0.15, -0.1) is 0 Å². The number of fused-ring (bicyclic) bond motifs is 2. The number of pyridine rings is 1. The Balaban J connectivity index is 1.50. The molecule has 3 aromatic carbocycles. The first-order valence-corrected chi connectivity index (χ1v) is 14.3. The molecule has 5 aromatic rings. The summed E-state index contributed by atoms with van der Waals surface area (Å²) < 4.78 is 42.5. The second-order valence-corrected chi connectivity index (χ2v) is 11.9. The highest BCUT2D eigenvalue weighted by molar-refractivity contribution is 6.12. The molecular weight excluding hydrogens is 567 g/mol. The Morgan fingerprint density at radius 1 is 0.977 bits per heavy atom. The van der Waals surface area contributed by atoms with Gasteiger partial charge in [-0.25, -0.2) is 13.2 Å². The maximum atomic E-state index is 13.8. The molecule has 0 saturated carbocycles. The summed E-state index contributed by atoms with van der Waals surface area (Å²) in [6.45, 7) is 6.09. The molecule has 0 radical (unpaired) electrons. The zero-order chi connectivity index (χ0) is 31.3. The number of hydrogen-bond donors (Lipinski definition) is 2. The zero-order valence-corrected chi connectivity index (χ0v) is 24.4. The second-order valence-electron chi connectivity index (χ2n) is 11.9. The molecule has 7 nitrogen and oxygen atoms in total. The SMILES string of the molecule is CC(C)Cc1nc2c(c(-c3ccc4c(cnn4Cc4ccc(F)c(F)c4)c3)c1C(N)=O)C(=O)N[C@@]2(C)Cc1ccc(F)cc1. The van der Waals surface area contributed by atoms with E-state index in [0.29, 0.717) is 46.3 Å². The molecule has 0 aliphatic carbocycles. The summed E-state index contributed by atoms with van der Waals surface area (Å²) in [5.74, 6) is -3.16. The Kier molecular flexibility index (Phi) is 7.23. The lowest BCUT2D eigenvalue weighted by Gasteiger charge is -2.26. The fourth-order valence-corrected chi connectivity index (χ4v) is 6.03. The van der Waals surface area contributed by atoms with Crippen molar-refractivity contribution in [2.45, 2.75) is 45.7 Å². The van der Waals surface area contributed by atoms with Gasteiger partial charge in [0.2, 0.25) is 0 Å². The molecule has 224 valence electrons. The van der Waals surface area contributed by atoms with E-state index < -0.39 is 23.1 Å². The lowest BCUT2D eigenvalue weighted by Crippen LogP contribution is -2.39. The van der Waals surface area contributed by atoms with E-state index in [1.807, 2.05) is 32.9 Å². The van der Waals surface area contributed by atoms with Crippen LogP contribution in [0, 0.1) is 23.4 Å². The highest BCUT2D eigenvalue weighted by atomic mass is 19.2. The number of amides is 2. The highest BCUT2D eigenvalue weighted by Crippen LogP contribution is 2.42. The maximum Gasteiger partial charge on any atom is 0.254 e. The molecule has 3 N–H and O–H groups in total. The molecule has 0 bridgehead atoms. The number of halogens is 3. The van der Waals surface area contributed by atoms with Gasteiger partial charge in [0, 0.05) is 17.4 Å². The number of primary amides is 1. The number of nitrogens with two attached hydrogens (primary N) is 1. The van der Waals surface area contributed by atoms with Gasteiger partial charge in [-0.2, -0.15) is 5.10 Å². The highest BCUT2D eigenvalue weighted by Gasteiger charge is 2.44. The second kappa shape index (κ2) is 10.9. The molecule has 2 aromatic heterocycles. The van der Waals surface area contributed by atoms with Crippen molar-refractivity contribution in [2.75, 3.05) is 0 Å². The molecular formula is C34H30F3N5O2. The van der Waals surface area contributed by atoms with E-state index in [1.54, 1.807) is 29.1 Å². The Hall–Kier alpha value is -4.99. The van der Waals surface area contributed by atoms with E-state index in [4.69, 9.17) is 10.7 Å². The third-order valence-electron chi connectivity index (χ3n) is 7.98. The zero-order valence-electron chi connectivity index (χ0n) is 24.4. The van der Waals surface area contributed by atoms with Crippen LogP contribution in [0.5, 0.6) is 0 Å². The first-order valence-electron chi connectivity index (χ1n) is 14.3. The van der Waals surface area contributed by atoms with E-state index in [9.17, 15) is 22.8 Å². The summed E-state index contributed by atoms with van der Waals surface area (Å²) in [5.41, 5.74) is 9.55. The smallest absolute Gasteiger partial charge is 0.254 e. The van der Waals surface area contributed by atoms with Crippen LogP contribution in [0.25, 0.3) is 22.0 Å². The number of nitrogens with zero attached hydrogens (tertiary/aromatic N) is 3. The summed E-state index contributed by atoms with van der Waals surface area (Å²) in [6.07, 6.45) is 2.44. The van der Waals surface area contributed by atoms with E-state index in [2.05, 4.69) is 10.4 Å². The molecule has 10 heteroatoms. The molecule has 44 heavy (non-hydrogen) atoms. The van der Waals surface area contributed by atoms with Crippen LogP contribution < -0.4 is 11.1 Å². The first-order chi connectivity index (χ1) is 20.9. The first kappa shape index (κ1) is 29.1. The normalized spacial score (nSPS) is 16.0. The van der Waals surface area contributed by atoms with Crippen molar-refractivity contribution in [3.8, 4) is 11.1 Å². The van der Waals surface area contributed by atoms with Crippen LogP contribution in [0.3, 0.4) is 0 Å². The van der Waals surface area contributed by atoms with Gasteiger partial charge < -0.3 is 11.1 Å².